The Bertz CT molecular complexity index is 507. The zero-order valence-electron chi connectivity index (χ0n) is 13.3. The van der Waals surface area contributed by atoms with Gasteiger partial charge in [0.25, 0.3) is 0 Å². The number of hydrogen-bond donors (Lipinski definition) is 1. The van der Waals surface area contributed by atoms with E-state index >= 15 is 0 Å². The van der Waals surface area contributed by atoms with Gasteiger partial charge in [-0.15, -0.1) is 0 Å². The second kappa shape index (κ2) is 6.06. The molecule has 0 spiro atoms. The Morgan fingerprint density at radius 3 is 2.71 bits per heavy atom. The van der Waals surface area contributed by atoms with Gasteiger partial charge >= 0.3 is 6.09 Å². The van der Waals surface area contributed by atoms with Crippen LogP contribution in [-0.2, 0) is 4.74 Å². The van der Waals surface area contributed by atoms with Gasteiger partial charge in [-0.25, -0.2) is 4.79 Å². The summed E-state index contributed by atoms with van der Waals surface area (Å²) in [5, 5.41) is 9.55. The number of hydrogen-bond acceptors (Lipinski definition) is 3. The van der Waals surface area contributed by atoms with E-state index in [-0.39, 0.29) is 24.7 Å². The average molecular weight is 291 g/mol. The van der Waals surface area contributed by atoms with Gasteiger partial charge < -0.3 is 14.7 Å². The van der Waals surface area contributed by atoms with E-state index in [0.717, 1.165) is 6.42 Å². The van der Waals surface area contributed by atoms with Crippen LogP contribution in [0.25, 0.3) is 0 Å². The number of aliphatic hydroxyl groups excluding tert-OH is 1. The second-order valence-electron chi connectivity index (χ2n) is 6.82. The van der Waals surface area contributed by atoms with Gasteiger partial charge in [-0.2, -0.15) is 0 Å². The standard InChI is InChI=1S/C17H25NO3/c1-12-6-5-7-13(8-12)14-9-15(11-19)18(10-14)16(20)21-17(2,3)4/h5-8,14-15,19H,9-11H2,1-4H3/t14?,15-/m0/s1. The maximum absolute atomic E-state index is 12.3. The van der Waals surface area contributed by atoms with Crippen LogP contribution in [0.2, 0.25) is 0 Å². The number of ether oxygens (including phenoxy) is 1. The maximum atomic E-state index is 12.3. The molecule has 1 fully saturated rings. The minimum Gasteiger partial charge on any atom is -0.444 e. The molecule has 0 aliphatic carbocycles. The van der Waals surface area contributed by atoms with E-state index in [0.29, 0.717) is 6.54 Å². The van der Waals surface area contributed by atoms with Gasteiger partial charge in [0.15, 0.2) is 0 Å². The summed E-state index contributed by atoms with van der Waals surface area (Å²) in [6.45, 7) is 8.20. The van der Waals surface area contributed by atoms with Gasteiger partial charge in [-0.05, 0) is 39.7 Å². The summed E-state index contributed by atoms with van der Waals surface area (Å²) in [5.41, 5.74) is 1.92. The lowest BCUT2D eigenvalue weighted by atomic mass is 9.95. The summed E-state index contributed by atoms with van der Waals surface area (Å²) in [6.07, 6.45) is 0.441. The fraction of sp³-hybridized carbons (Fsp3) is 0.588. The Morgan fingerprint density at radius 2 is 2.14 bits per heavy atom. The number of carbonyl (C=O) groups excluding carboxylic acids is 1. The van der Waals surface area contributed by atoms with E-state index in [1.54, 1.807) is 4.90 Å². The van der Waals surface area contributed by atoms with Crippen LogP contribution < -0.4 is 0 Å². The van der Waals surface area contributed by atoms with Crippen molar-refractivity contribution in [3.63, 3.8) is 0 Å². The zero-order valence-corrected chi connectivity index (χ0v) is 13.3. The van der Waals surface area contributed by atoms with Crippen molar-refractivity contribution in [1.29, 1.82) is 0 Å². The minimum atomic E-state index is -0.515. The lowest BCUT2D eigenvalue weighted by Crippen LogP contribution is -2.41. The molecule has 4 nitrogen and oxygen atoms in total. The summed E-state index contributed by atoms with van der Waals surface area (Å²) in [4.78, 5) is 13.9. The number of amides is 1. The first-order valence-electron chi connectivity index (χ1n) is 7.47. The van der Waals surface area contributed by atoms with E-state index in [1.165, 1.54) is 11.1 Å². The number of carbonyl (C=O) groups is 1. The third kappa shape index (κ3) is 3.97. The molecule has 1 unspecified atom stereocenters. The van der Waals surface area contributed by atoms with Crippen molar-refractivity contribution in [2.45, 2.75) is 51.7 Å². The Labute approximate surface area is 126 Å². The van der Waals surface area contributed by atoms with E-state index < -0.39 is 5.60 Å². The molecule has 1 amide bonds. The van der Waals surface area contributed by atoms with Crippen LogP contribution in [0.4, 0.5) is 4.79 Å². The molecule has 0 radical (unpaired) electrons. The molecule has 1 heterocycles. The van der Waals surface area contributed by atoms with Gasteiger partial charge in [0, 0.05) is 12.5 Å². The normalized spacial score (nSPS) is 22.4. The molecule has 1 aromatic carbocycles. The molecular weight excluding hydrogens is 266 g/mol. The molecule has 21 heavy (non-hydrogen) atoms. The number of nitrogens with zero attached hydrogens (tertiary/aromatic N) is 1. The first-order valence-corrected chi connectivity index (χ1v) is 7.47. The molecule has 1 saturated heterocycles. The minimum absolute atomic E-state index is 0.0262. The number of aliphatic hydroxyl groups is 1. The maximum Gasteiger partial charge on any atom is 0.410 e. The molecule has 0 saturated carbocycles. The Hall–Kier alpha value is -1.55. The van der Waals surface area contributed by atoms with Gasteiger partial charge in [0.2, 0.25) is 0 Å². The molecule has 4 heteroatoms. The van der Waals surface area contributed by atoms with Crippen molar-refractivity contribution < 1.29 is 14.6 Å². The van der Waals surface area contributed by atoms with Gasteiger partial charge in [0.1, 0.15) is 5.60 Å². The van der Waals surface area contributed by atoms with E-state index in [1.807, 2.05) is 26.8 Å². The van der Waals surface area contributed by atoms with Crippen LogP contribution in [0.15, 0.2) is 24.3 Å². The van der Waals surface area contributed by atoms with E-state index in [2.05, 4.69) is 25.1 Å². The predicted octanol–water partition coefficient (Wildman–Crippen LogP) is 3.08. The fourth-order valence-electron chi connectivity index (χ4n) is 2.80. The molecule has 0 aromatic heterocycles. The fourth-order valence-corrected chi connectivity index (χ4v) is 2.80. The molecule has 1 N–H and O–H groups in total. The Balaban J connectivity index is 2.12. The molecular formula is C17H25NO3. The molecule has 1 aliphatic heterocycles. The molecule has 116 valence electrons. The Kier molecular flexibility index (Phi) is 4.57. The number of likely N-dealkylation sites (tertiary alicyclic amines) is 1. The van der Waals surface area contributed by atoms with Gasteiger partial charge in [-0.3, -0.25) is 0 Å². The summed E-state index contributed by atoms with van der Waals surface area (Å²) in [7, 11) is 0. The highest BCUT2D eigenvalue weighted by Gasteiger charge is 2.37. The summed E-state index contributed by atoms with van der Waals surface area (Å²) < 4.78 is 5.44. The van der Waals surface area contributed by atoms with Crippen LogP contribution >= 0.6 is 0 Å². The second-order valence-corrected chi connectivity index (χ2v) is 6.82. The topological polar surface area (TPSA) is 49.8 Å². The highest BCUT2D eigenvalue weighted by atomic mass is 16.6. The molecule has 2 atom stereocenters. The first kappa shape index (κ1) is 15.8. The zero-order chi connectivity index (χ0) is 15.6. The molecule has 1 aromatic rings. The summed E-state index contributed by atoms with van der Waals surface area (Å²) in [5.74, 6) is 0.259. The number of aryl methyl sites for hydroxylation is 1. The van der Waals surface area contributed by atoms with Crippen LogP contribution in [0.5, 0.6) is 0 Å². The van der Waals surface area contributed by atoms with E-state index in [9.17, 15) is 9.90 Å². The average Bonchev–Trinajstić information content (AvgIpc) is 2.81. The highest BCUT2D eigenvalue weighted by Crippen LogP contribution is 2.32. The quantitative estimate of drug-likeness (QED) is 0.911. The van der Waals surface area contributed by atoms with Crippen molar-refractivity contribution >= 4 is 6.09 Å². The van der Waals surface area contributed by atoms with E-state index in [4.69, 9.17) is 4.74 Å². The lowest BCUT2D eigenvalue weighted by molar-refractivity contribution is 0.0174. The molecule has 2 rings (SSSR count). The van der Waals surface area contributed by atoms with Gasteiger partial charge in [-0.1, -0.05) is 29.8 Å². The van der Waals surface area contributed by atoms with Crippen LogP contribution in [-0.4, -0.2) is 40.9 Å². The van der Waals surface area contributed by atoms with Crippen molar-refractivity contribution in [2.75, 3.05) is 13.2 Å². The third-order valence-corrected chi connectivity index (χ3v) is 3.77. The smallest absolute Gasteiger partial charge is 0.410 e. The largest absolute Gasteiger partial charge is 0.444 e. The molecule has 1 aliphatic rings. The highest BCUT2D eigenvalue weighted by molar-refractivity contribution is 5.69. The van der Waals surface area contributed by atoms with Crippen LogP contribution in [0, 0.1) is 6.92 Å². The van der Waals surface area contributed by atoms with Gasteiger partial charge in [0.05, 0.1) is 12.6 Å². The summed E-state index contributed by atoms with van der Waals surface area (Å²) in [6, 6.07) is 8.18. The molecule has 0 bridgehead atoms. The van der Waals surface area contributed by atoms with Crippen molar-refractivity contribution in [3.05, 3.63) is 35.4 Å². The number of benzene rings is 1. The summed E-state index contributed by atoms with van der Waals surface area (Å²) >= 11 is 0. The first-order chi connectivity index (χ1) is 9.80. The third-order valence-electron chi connectivity index (χ3n) is 3.77. The van der Waals surface area contributed by atoms with Crippen molar-refractivity contribution in [3.8, 4) is 0 Å². The van der Waals surface area contributed by atoms with Crippen LogP contribution in [0.3, 0.4) is 0 Å². The lowest BCUT2D eigenvalue weighted by Gasteiger charge is -2.27. The Morgan fingerprint density at radius 1 is 1.43 bits per heavy atom. The van der Waals surface area contributed by atoms with Crippen molar-refractivity contribution in [1.82, 2.24) is 4.90 Å². The van der Waals surface area contributed by atoms with Crippen molar-refractivity contribution in [2.24, 2.45) is 0 Å². The predicted molar refractivity (Wildman–Crippen MR) is 82.4 cm³/mol. The monoisotopic (exact) mass is 291 g/mol. The van der Waals surface area contributed by atoms with Crippen LogP contribution in [0.1, 0.15) is 44.2 Å². The SMILES string of the molecule is Cc1cccc(C2C[C@@H](CO)N(C(=O)OC(C)(C)C)C2)c1. The number of rotatable bonds is 2.